The Bertz CT molecular complexity index is 618. The van der Waals surface area contributed by atoms with Crippen LogP contribution in [-0.4, -0.2) is 0 Å². The van der Waals surface area contributed by atoms with Crippen molar-refractivity contribution in [3.63, 3.8) is 0 Å². The van der Waals surface area contributed by atoms with Gasteiger partial charge in [0.2, 0.25) is 0 Å². The van der Waals surface area contributed by atoms with Gasteiger partial charge in [-0.2, -0.15) is 0 Å². The zero-order valence-corrected chi connectivity index (χ0v) is 12.0. The molecule has 0 saturated heterocycles. The third kappa shape index (κ3) is 2.22. The van der Waals surface area contributed by atoms with Crippen molar-refractivity contribution in [1.29, 1.82) is 0 Å². The molecule has 0 N–H and O–H groups in total. The van der Waals surface area contributed by atoms with E-state index in [0.717, 1.165) is 0 Å². The molecule has 1 heterocycles. The van der Waals surface area contributed by atoms with Crippen molar-refractivity contribution >= 4 is 11.3 Å². The van der Waals surface area contributed by atoms with Crippen molar-refractivity contribution < 1.29 is 0 Å². The first-order valence-corrected chi connectivity index (χ1v) is 7.30. The van der Waals surface area contributed by atoms with Crippen LogP contribution in [0.25, 0.3) is 22.3 Å². The average Bonchev–Trinajstić information content (AvgIpc) is 2.75. The molecule has 1 heteroatoms. The minimum Gasteiger partial charge on any atom is -0.145 e. The summed E-state index contributed by atoms with van der Waals surface area (Å²) in [5.41, 5.74) is 5.38. The number of rotatable bonds is 2. The first-order chi connectivity index (χ1) is 9.27. The fraction of sp³-hybridized carbons (Fsp3) is 0.111. The highest BCUT2D eigenvalue weighted by atomic mass is 32.1. The second kappa shape index (κ2) is 5.02. The van der Waals surface area contributed by atoms with Gasteiger partial charge in [0.1, 0.15) is 0 Å². The molecule has 2 aromatic carbocycles. The lowest BCUT2D eigenvalue weighted by Crippen LogP contribution is -1.83. The fourth-order valence-corrected chi connectivity index (χ4v) is 3.69. The van der Waals surface area contributed by atoms with Gasteiger partial charge in [0.25, 0.3) is 0 Å². The van der Waals surface area contributed by atoms with Gasteiger partial charge in [-0.25, -0.2) is 0 Å². The maximum atomic E-state index is 2.21. The Kier molecular flexibility index (Phi) is 3.22. The smallest absolute Gasteiger partial charge is 0.0102 e. The first-order valence-electron chi connectivity index (χ1n) is 6.48. The van der Waals surface area contributed by atoms with E-state index in [-0.39, 0.29) is 0 Å². The Hall–Kier alpha value is -1.86. The first kappa shape index (κ1) is 12.2. The molecule has 1 aromatic heterocycles. The topological polar surface area (TPSA) is 0 Å². The lowest BCUT2D eigenvalue weighted by atomic mass is 9.95. The molecule has 0 bridgehead atoms. The zero-order chi connectivity index (χ0) is 13.2. The Labute approximate surface area is 118 Å². The van der Waals surface area contributed by atoms with Crippen LogP contribution in [0.15, 0.2) is 60.7 Å². The molecule has 0 spiro atoms. The summed E-state index contributed by atoms with van der Waals surface area (Å²) in [6.07, 6.45) is 0. The van der Waals surface area contributed by atoms with Crippen LogP contribution in [0.4, 0.5) is 0 Å². The van der Waals surface area contributed by atoms with Crippen LogP contribution in [0.5, 0.6) is 0 Å². The van der Waals surface area contributed by atoms with Crippen LogP contribution in [0.2, 0.25) is 0 Å². The van der Waals surface area contributed by atoms with Gasteiger partial charge in [-0.15, -0.1) is 11.3 Å². The van der Waals surface area contributed by atoms with Crippen LogP contribution < -0.4 is 0 Å². The van der Waals surface area contributed by atoms with E-state index in [0.29, 0.717) is 0 Å². The maximum Gasteiger partial charge on any atom is 0.0102 e. The number of benzene rings is 2. The van der Waals surface area contributed by atoms with Crippen molar-refractivity contribution in [2.24, 2.45) is 0 Å². The quantitative estimate of drug-likeness (QED) is 0.557. The Morgan fingerprint density at radius 1 is 0.579 bits per heavy atom. The van der Waals surface area contributed by atoms with Gasteiger partial charge in [-0.05, 0) is 25.0 Å². The molecule has 0 aliphatic carbocycles. The van der Waals surface area contributed by atoms with E-state index in [2.05, 4.69) is 74.5 Å². The molecule has 0 fully saturated rings. The predicted molar refractivity (Wildman–Crippen MR) is 84.7 cm³/mol. The molecule has 3 aromatic rings. The van der Waals surface area contributed by atoms with Crippen molar-refractivity contribution in [1.82, 2.24) is 0 Å². The highest BCUT2D eigenvalue weighted by molar-refractivity contribution is 7.13. The van der Waals surface area contributed by atoms with Gasteiger partial charge in [-0.3, -0.25) is 0 Å². The van der Waals surface area contributed by atoms with E-state index in [1.54, 1.807) is 0 Å². The van der Waals surface area contributed by atoms with E-state index < -0.39 is 0 Å². The van der Waals surface area contributed by atoms with Gasteiger partial charge in [0.15, 0.2) is 0 Å². The normalized spacial score (nSPS) is 10.6. The summed E-state index contributed by atoms with van der Waals surface area (Å²) in [5, 5.41) is 0. The van der Waals surface area contributed by atoms with Gasteiger partial charge in [0, 0.05) is 20.9 Å². The van der Waals surface area contributed by atoms with Gasteiger partial charge >= 0.3 is 0 Å². The third-order valence-corrected chi connectivity index (χ3v) is 4.41. The van der Waals surface area contributed by atoms with Gasteiger partial charge in [0.05, 0.1) is 0 Å². The summed E-state index contributed by atoms with van der Waals surface area (Å²) < 4.78 is 0. The molecule has 3 rings (SSSR count). The minimum absolute atomic E-state index is 1.31. The maximum absolute atomic E-state index is 2.21. The highest BCUT2D eigenvalue weighted by Crippen LogP contribution is 2.42. The molecule has 0 unspecified atom stereocenters. The summed E-state index contributed by atoms with van der Waals surface area (Å²) in [6.45, 7) is 4.43. The van der Waals surface area contributed by atoms with E-state index in [9.17, 15) is 0 Å². The summed E-state index contributed by atoms with van der Waals surface area (Å²) in [6, 6.07) is 21.4. The Balaban J connectivity index is 2.26. The van der Waals surface area contributed by atoms with Crippen molar-refractivity contribution in [3.8, 4) is 22.3 Å². The Morgan fingerprint density at radius 3 is 1.32 bits per heavy atom. The standard InChI is InChI=1S/C18H16S/c1-13-17(15-9-5-3-6-10-15)18(14(2)19-13)16-11-7-4-8-12-16/h3-12H,1-2H3. The highest BCUT2D eigenvalue weighted by Gasteiger charge is 2.15. The fourth-order valence-electron chi connectivity index (χ4n) is 2.59. The molecular formula is C18H16S. The molecule has 0 nitrogen and oxygen atoms in total. The minimum atomic E-state index is 1.31. The van der Waals surface area contributed by atoms with Gasteiger partial charge in [-0.1, -0.05) is 60.7 Å². The summed E-state index contributed by atoms with van der Waals surface area (Å²) in [5.74, 6) is 0. The third-order valence-electron chi connectivity index (χ3n) is 3.39. The molecule has 0 saturated carbocycles. The molecule has 0 amide bonds. The Morgan fingerprint density at radius 2 is 0.947 bits per heavy atom. The lowest BCUT2D eigenvalue weighted by Gasteiger charge is -2.07. The molecule has 0 aliphatic rings. The zero-order valence-electron chi connectivity index (χ0n) is 11.2. The van der Waals surface area contributed by atoms with E-state index in [1.165, 1.54) is 32.0 Å². The van der Waals surface area contributed by atoms with Crippen LogP contribution in [-0.2, 0) is 0 Å². The van der Waals surface area contributed by atoms with Crippen LogP contribution in [0, 0.1) is 13.8 Å². The second-order valence-corrected chi connectivity index (χ2v) is 6.13. The largest absolute Gasteiger partial charge is 0.145 e. The number of hydrogen-bond acceptors (Lipinski definition) is 1. The van der Waals surface area contributed by atoms with Crippen LogP contribution >= 0.6 is 11.3 Å². The van der Waals surface area contributed by atoms with Crippen molar-refractivity contribution in [2.75, 3.05) is 0 Å². The summed E-state index contributed by atoms with van der Waals surface area (Å²) in [7, 11) is 0. The van der Waals surface area contributed by atoms with E-state index in [4.69, 9.17) is 0 Å². The van der Waals surface area contributed by atoms with Gasteiger partial charge < -0.3 is 0 Å². The molecule has 94 valence electrons. The SMILES string of the molecule is Cc1sc(C)c(-c2ccccc2)c1-c1ccccc1. The van der Waals surface area contributed by atoms with Crippen molar-refractivity contribution in [3.05, 3.63) is 70.4 Å². The number of aryl methyl sites for hydroxylation is 2. The lowest BCUT2D eigenvalue weighted by molar-refractivity contribution is 1.54. The molecule has 0 atom stereocenters. The van der Waals surface area contributed by atoms with E-state index in [1.807, 2.05) is 11.3 Å². The summed E-state index contributed by atoms with van der Waals surface area (Å²) in [4.78, 5) is 2.78. The van der Waals surface area contributed by atoms with E-state index >= 15 is 0 Å². The molecule has 0 aliphatic heterocycles. The number of thiophene rings is 1. The number of hydrogen-bond donors (Lipinski definition) is 0. The van der Waals surface area contributed by atoms with Crippen molar-refractivity contribution in [2.45, 2.75) is 13.8 Å². The van der Waals surface area contributed by atoms with Crippen LogP contribution in [0.3, 0.4) is 0 Å². The second-order valence-electron chi connectivity index (χ2n) is 4.70. The summed E-state index contributed by atoms with van der Waals surface area (Å²) >= 11 is 1.89. The van der Waals surface area contributed by atoms with Crippen LogP contribution in [0.1, 0.15) is 9.75 Å². The molecule has 0 radical (unpaired) electrons. The predicted octanol–water partition coefficient (Wildman–Crippen LogP) is 5.70. The molecule has 19 heavy (non-hydrogen) atoms. The monoisotopic (exact) mass is 264 g/mol. The molecular weight excluding hydrogens is 248 g/mol. The average molecular weight is 264 g/mol.